The van der Waals surface area contributed by atoms with Gasteiger partial charge >= 0.3 is 5.97 Å². The molecule has 9 aromatic rings. The van der Waals surface area contributed by atoms with Gasteiger partial charge in [-0.2, -0.15) is 5.10 Å². The number of aryl methyl sites for hydroxylation is 3. The summed E-state index contributed by atoms with van der Waals surface area (Å²) in [5, 5.41) is 20.2. The van der Waals surface area contributed by atoms with Crippen LogP contribution in [-0.4, -0.2) is 179 Å². The number of fused-ring (bicyclic) bond motifs is 8. The number of nitrogens with zero attached hydrogens (tertiary/aromatic N) is 9. The second kappa shape index (κ2) is 29.7. The lowest BCUT2D eigenvalue weighted by Crippen LogP contribution is -2.63. The average molecular weight is 1310 g/mol. The molecule has 1 amide bonds. The van der Waals surface area contributed by atoms with Crippen molar-refractivity contribution in [3.63, 3.8) is 0 Å². The zero-order chi connectivity index (χ0) is 65.7. The Morgan fingerprint density at radius 1 is 0.737 bits per heavy atom. The second-order valence-corrected chi connectivity index (χ2v) is 27.5. The summed E-state index contributed by atoms with van der Waals surface area (Å²) in [5.41, 5.74) is 8.97. The maximum atomic E-state index is 13.0. The standard InChI is InChI=1S/C21H27ClN2O2.C19H20N2O3.C18H24N4O.C18H19N3O/c22-20-8-6-19(7-9-20)21(18-4-2-1-3-5-18)24-12-10-23(11-13-24)14-16-26-17-15-25;22-18-10-21-12-5-11(18)6-13(21)8-14(7-12)24-19(23)16-9-20-17-4-2-1-3-15(16)17;1-21-13-6-5-7-14(21)11-12(10-13)19-18(23)17-15-8-3-4-9-16(15)22(2)20-17;1-12-19-9-10-21(12)11-13-7-8-16-17(18(13)22)14-5-3-4-6-15(14)20(16)2/h1-9,21,25H,10-17H2;1-4,9,11-14,20H,5-8,10H2;3-4,8-9,12-14H,5-7,10-11H2,1-2H3,(H,19,23);3-6,9-10,13H,7-8,11H2,1-2H3/t;11?,12-,13+,14?;12?,13-,14+;. The topological polar surface area (TPSA) is 188 Å². The Morgan fingerprint density at radius 3 is 2.09 bits per heavy atom. The number of para-hydroxylation sites is 3. The Morgan fingerprint density at radius 2 is 1.40 bits per heavy atom. The van der Waals surface area contributed by atoms with Crippen molar-refractivity contribution in [3.8, 4) is 0 Å². The Hall–Kier alpha value is -7.81. The van der Waals surface area contributed by atoms with Gasteiger partial charge in [-0.3, -0.25) is 33.8 Å². The number of aliphatic hydroxyl groups is 1. The van der Waals surface area contributed by atoms with Crippen LogP contribution in [0, 0.1) is 18.8 Å². The molecule has 4 aromatic heterocycles. The number of ketones is 2. The molecule has 10 atom stereocenters. The number of Topliss-reactive ketones (excluding diaryl/α,β-unsaturated/α-hetero) is 2. The molecule has 6 unspecified atom stereocenters. The maximum Gasteiger partial charge on any atom is 0.340 e. The van der Waals surface area contributed by atoms with Gasteiger partial charge in [0.25, 0.3) is 5.91 Å². The van der Waals surface area contributed by atoms with Crippen molar-refractivity contribution in [1.82, 2.24) is 53.8 Å². The van der Waals surface area contributed by atoms with Gasteiger partial charge in [0.1, 0.15) is 17.7 Å². The van der Waals surface area contributed by atoms with Gasteiger partial charge in [-0.05, 0) is 107 Å². The van der Waals surface area contributed by atoms with Gasteiger partial charge < -0.3 is 38.9 Å². The van der Waals surface area contributed by atoms with Gasteiger partial charge in [-0.1, -0.05) is 115 Å². The number of hydrogen-bond acceptors (Lipinski definition) is 13. The number of nitrogens with one attached hydrogen (secondary N) is 2. The first-order valence-corrected chi connectivity index (χ1v) is 34.7. The number of esters is 1. The number of carbonyl (C=O) groups is 4. The molecule has 6 bridgehead atoms. The maximum absolute atomic E-state index is 13.0. The molecular weight excluding hydrogens is 1210 g/mol. The van der Waals surface area contributed by atoms with Crippen LogP contribution in [0.3, 0.4) is 0 Å². The van der Waals surface area contributed by atoms with Crippen molar-refractivity contribution in [3.05, 3.63) is 190 Å². The van der Waals surface area contributed by atoms with Gasteiger partial charge in [0, 0.05) is 170 Å². The molecule has 95 heavy (non-hydrogen) atoms. The SMILES string of the molecule is CN1[C@@H]2CCC[C@H]1CC(NC(=O)c1nn(C)c3ccccc13)C2.Cc1nccn1CC1CCc2c(c3ccccc3n2C)C1=O.O=C(OC1C[C@@H]2CC3C[C@H](C1)N2CC3=O)c1c[nH]c2ccccc12.OCCOCCN1CCN(C(c2ccccc2)c2ccc(Cl)cc2)CC1. The molecule has 19 heteroatoms. The molecule has 1 aliphatic carbocycles. The van der Waals surface area contributed by atoms with E-state index in [0.29, 0.717) is 61.0 Å². The van der Waals surface area contributed by atoms with E-state index in [1.165, 1.54) is 36.1 Å². The highest BCUT2D eigenvalue weighted by Crippen LogP contribution is 2.43. The number of aromatic amines is 1. The zero-order valence-electron chi connectivity index (χ0n) is 55.2. The molecule has 7 aliphatic heterocycles. The molecule has 5 aromatic carbocycles. The number of carbonyl (C=O) groups excluding carboxylic acids is 4. The van der Waals surface area contributed by atoms with E-state index in [0.717, 1.165) is 140 Å². The van der Waals surface area contributed by atoms with E-state index in [1.807, 2.05) is 93.0 Å². The number of ether oxygens (including phenoxy) is 2. The molecule has 3 N–H and O–H groups in total. The highest BCUT2D eigenvalue weighted by Gasteiger charge is 2.49. The molecule has 7 saturated heterocycles. The molecule has 7 fully saturated rings. The molecule has 498 valence electrons. The summed E-state index contributed by atoms with van der Waals surface area (Å²) < 4.78 is 17.3. The van der Waals surface area contributed by atoms with Crippen LogP contribution in [0.2, 0.25) is 5.02 Å². The number of H-pyrrole nitrogens is 1. The third kappa shape index (κ3) is 14.5. The van der Waals surface area contributed by atoms with Crippen LogP contribution < -0.4 is 5.32 Å². The molecular formula is C76H90ClN11O7. The van der Waals surface area contributed by atoms with Crippen molar-refractivity contribution in [1.29, 1.82) is 0 Å². The smallest absolute Gasteiger partial charge is 0.340 e. The van der Waals surface area contributed by atoms with E-state index in [1.54, 1.807) is 17.1 Å². The molecule has 8 aliphatic rings. The first kappa shape index (κ1) is 65.8. The summed E-state index contributed by atoms with van der Waals surface area (Å²) in [5.74, 6) is 1.67. The van der Waals surface area contributed by atoms with Crippen LogP contribution in [0.4, 0.5) is 0 Å². The number of imidazole rings is 1. The number of piperazine rings is 1. The number of aliphatic hydroxyl groups excluding tert-OH is 1. The summed E-state index contributed by atoms with van der Waals surface area (Å²) in [6.45, 7) is 9.52. The summed E-state index contributed by atoms with van der Waals surface area (Å²) in [6, 6.07) is 45.3. The second-order valence-electron chi connectivity index (χ2n) is 27.1. The monoisotopic (exact) mass is 1300 g/mol. The van der Waals surface area contributed by atoms with Crippen LogP contribution in [0.1, 0.15) is 124 Å². The van der Waals surface area contributed by atoms with Crippen molar-refractivity contribution < 1.29 is 33.8 Å². The van der Waals surface area contributed by atoms with Crippen LogP contribution in [0.15, 0.2) is 146 Å². The lowest BCUT2D eigenvalue weighted by molar-refractivity contribution is -0.145. The predicted octanol–water partition coefficient (Wildman–Crippen LogP) is 11.0. The van der Waals surface area contributed by atoms with Gasteiger partial charge in [-0.15, -0.1) is 0 Å². The zero-order valence-corrected chi connectivity index (χ0v) is 56.0. The van der Waals surface area contributed by atoms with Gasteiger partial charge in [0.15, 0.2) is 11.5 Å². The van der Waals surface area contributed by atoms with Crippen molar-refractivity contribution >= 4 is 67.8 Å². The Kier molecular flexibility index (Phi) is 20.6. The fraction of sp³-hybridized carbons (Fsp3) is 0.447. The lowest BCUT2D eigenvalue weighted by atomic mass is 9.72. The van der Waals surface area contributed by atoms with E-state index in [9.17, 15) is 19.2 Å². The van der Waals surface area contributed by atoms with Crippen LogP contribution in [0.25, 0.3) is 32.7 Å². The first-order chi connectivity index (χ1) is 46.3. The number of amides is 1. The Balaban J connectivity index is 0.000000115. The third-order valence-corrected chi connectivity index (χ3v) is 21.7. The molecule has 0 spiro atoms. The lowest BCUT2D eigenvalue weighted by Gasteiger charge is -2.54. The van der Waals surface area contributed by atoms with E-state index in [-0.39, 0.29) is 54.3 Å². The van der Waals surface area contributed by atoms with E-state index in [4.69, 9.17) is 26.2 Å². The third-order valence-electron chi connectivity index (χ3n) is 21.4. The van der Waals surface area contributed by atoms with Gasteiger partial charge in [-0.25, -0.2) is 9.78 Å². The van der Waals surface area contributed by atoms with Crippen LogP contribution >= 0.6 is 11.6 Å². The quantitative estimate of drug-likeness (QED) is 0.0690. The molecule has 17 rings (SSSR count). The average Bonchev–Trinajstić information content (AvgIpc) is 1.74. The highest BCUT2D eigenvalue weighted by atomic mass is 35.5. The fourth-order valence-electron chi connectivity index (χ4n) is 16.4. The Labute approximate surface area is 561 Å². The number of piperidine rings is 6. The largest absolute Gasteiger partial charge is 0.459 e. The minimum Gasteiger partial charge on any atom is -0.459 e. The van der Waals surface area contributed by atoms with E-state index in [2.05, 4.69) is 118 Å². The highest BCUT2D eigenvalue weighted by molar-refractivity contribution is 6.30. The summed E-state index contributed by atoms with van der Waals surface area (Å²) >= 11 is 6.09. The minimum absolute atomic E-state index is 0.0329. The van der Waals surface area contributed by atoms with Gasteiger partial charge in [0.2, 0.25) is 0 Å². The Bertz CT molecular complexity index is 4100. The van der Waals surface area contributed by atoms with Gasteiger partial charge in [0.05, 0.1) is 43.5 Å². The molecule has 11 heterocycles. The summed E-state index contributed by atoms with van der Waals surface area (Å²) in [6.07, 6.45) is 16.9. The number of hydrogen-bond donors (Lipinski definition) is 3. The molecule has 0 saturated carbocycles. The van der Waals surface area contributed by atoms with Crippen molar-refractivity contribution in [2.24, 2.45) is 25.9 Å². The summed E-state index contributed by atoms with van der Waals surface area (Å²) in [4.78, 5) is 67.5. The normalized spacial score (nSPS) is 24.4. The van der Waals surface area contributed by atoms with Crippen molar-refractivity contribution in [2.75, 3.05) is 66.1 Å². The number of rotatable bonds is 14. The molecule has 0 radical (unpaired) electrons. The summed E-state index contributed by atoms with van der Waals surface area (Å²) in [7, 11) is 6.19. The molecule has 18 nitrogen and oxygen atoms in total. The van der Waals surface area contributed by atoms with E-state index >= 15 is 0 Å². The predicted molar refractivity (Wildman–Crippen MR) is 371 cm³/mol. The fourth-order valence-corrected chi connectivity index (χ4v) is 16.5. The van der Waals surface area contributed by atoms with Crippen LogP contribution in [-0.2, 0) is 41.3 Å². The van der Waals surface area contributed by atoms with Crippen molar-refractivity contribution in [2.45, 2.75) is 126 Å². The first-order valence-electron chi connectivity index (χ1n) is 34.3. The number of halogens is 1. The number of aromatic nitrogens is 6. The number of benzene rings is 5. The van der Waals surface area contributed by atoms with Crippen LogP contribution in [0.5, 0.6) is 0 Å². The minimum atomic E-state index is -0.242. The van der Waals surface area contributed by atoms with E-state index < -0.39 is 0 Å².